The first-order chi connectivity index (χ1) is 12.1. The summed E-state index contributed by atoms with van der Waals surface area (Å²) in [6.45, 7) is 5.97. The molecule has 2 aromatic rings. The molecule has 0 aliphatic rings. The second-order valence-corrected chi connectivity index (χ2v) is 5.74. The maximum absolute atomic E-state index is 5.42. The number of aromatic nitrogens is 1. The predicted molar refractivity (Wildman–Crippen MR) is 101 cm³/mol. The Bertz CT molecular complexity index is 691. The fourth-order valence-corrected chi connectivity index (χ4v) is 2.73. The van der Waals surface area contributed by atoms with E-state index in [4.69, 9.17) is 14.2 Å². The third-order valence-electron chi connectivity index (χ3n) is 4.05. The quantitative estimate of drug-likeness (QED) is 0.656. The molecular weight excluding hydrogens is 316 g/mol. The van der Waals surface area contributed by atoms with E-state index in [-0.39, 0.29) is 0 Å². The van der Waals surface area contributed by atoms with Crippen molar-refractivity contribution >= 4 is 11.4 Å². The van der Waals surface area contributed by atoms with Crippen LogP contribution in [0.3, 0.4) is 0 Å². The zero-order valence-corrected chi connectivity index (χ0v) is 15.3. The maximum Gasteiger partial charge on any atom is 0.203 e. The van der Waals surface area contributed by atoms with E-state index in [0.717, 1.165) is 29.9 Å². The van der Waals surface area contributed by atoms with Crippen LogP contribution in [-0.2, 0) is 0 Å². The van der Waals surface area contributed by atoms with Gasteiger partial charge in [0.25, 0.3) is 0 Å². The van der Waals surface area contributed by atoms with Crippen LogP contribution < -0.4 is 19.5 Å². The molecule has 0 saturated heterocycles. The molecule has 0 radical (unpaired) electrons. The molecule has 0 bridgehead atoms. The van der Waals surface area contributed by atoms with Crippen molar-refractivity contribution in [2.45, 2.75) is 25.7 Å². The van der Waals surface area contributed by atoms with Crippen molar-refractivity contribution in [2.75, 3.05) is 26.6 Å². The molecule has 0 amide bonds. The van der Waals surface area contributed by atoms with Gasteiger partial charge in [-0.25, -0.2) is 0 Å². The molecule has 134 valence electrons. The summed E-state index contributed by atoms with van der Waals surface area (Å²) < 4.78 is 16.2. The van der Waals surface area contributed by atoms with E-state index in [1.165, 1.54) is 0 Å². The summed E-state index contributed by atoms with van der Waals surface area (Å²) in [6.07, 6.45) is 5.72. The van der Waals surface area contributed by atoms with Gasteiger partial charge in [-0.2, -0.15) is 0 Å². The van der Waals surface area contributed by atoms with Gasteiger partial charge in [0.15, 0.2) is 11.5 Å². The Balaban J connectivity index is 2.35. The lowest BCUT2D eigenvalue weighted by molar-refractivity contribution is 0.324. The van der Waals surface area contributed by atoms with Crippen LogP contribution in [0.5, 0.6) is 17.2 Å². The first-order valence-corrected chi connectivity index (χ1v) is 8.27. The summed E-state index contributed by atoms with van der Waals surface area (Å²) in [6, 6.07) is 7.71. The molecule has 1 N–H and O–H groups in total. The highest BCUT2D eigenvalue weighted by atomic mass is 16.5. The molecule has 1 atom stereocenters. The van der Waals surface area contributed by atoms with Crippen LogP contribution in [-0.4, -0.2) is 26.3 Å². The molecule has 1 heterocycles. The zero-order valence-electron chi connectivity index (χ0n) is 15.3. The molecular formula is C20H26N2O3. The molecule has 0 fully saturated rings. The van der Waals surface area contributed by atoms with E-state index in [9.17, 15) is 0 Å². The summed E-state index contributed by atoms with van der Waals surface area (Å²) in [4.78, 5) is 4.56. The first kappa shape index (κ1) is 18.6. The van der Waals surface area contributed by atoms with Crippen LogP contribution in [0.1, 0.15) is 31.4 Å². The Morgan fingerprint density at radius 2 is 1.84 bits per heavy atom. The maximum atomic E-state index is 5.42. The molecule has 25 heavy (non-hydrogen) atoms. The van der Waals surface area contributed by atoms with Crippen LogP contribution in [0, 0.1) is 0 Å². The Kier molecular flexibility index (Phi) is 6.69. The summed E-state index contributed by atoms with van der Waals surface area (Å²) in [5.74, 6) is 2.11. The second kappa shape index (κ2) is 8.97. The summed E-state index contributed by atoms with van der Waals surface area (Å²) in [5, 5.41) is 3.43. The standard InChI is InChI=1S/C20H26N2O3/c1-6-7-9-14(2)19-16(10-8-11-21-19)22-15-12-17(23-3)20(25-5)18(13-15)24-4/h6,8,10-14,22H,1,7,9H2,2-5H3. The number of allylic oxidation sites excluding steroid dienone is 1. The van der Waals surface area contributed by atoms with Crippen molar-refractivity contribution in [3.63, 3.8) is 0 Å². The number of benzene rings is 1. The molecule has 1 aromatic carbocycles. The summed E-state index contributed by atoms with van der Waals surface area (Å²) in [7, 11) is 4.80. The smallest absolute Gasteiger partial charge is 0.203 e. The molecule has 0 spiro atoms. The van der Waals surface area contributed by atoms with Crippen molar-refractivity contribution in [1.82, 2.24) is 4.98 Å². The topological polar surface area (TPSA) is 52.6 Å². The van der Waals surface area contributed by atoms with Crippen molar-refractivity contribution in [3.05, 3.63) is 48.8 Å². The van der Waals surface area contributed by atoms with Gasteiger partial charge in [-0.1, -0.05) is 13.0 Å². The number of nitrogens with one attached hydrogen (secondary N) is 1. The first-order valence-electron chi connectivity index (χ1n) is 8.27. The third kappa shape index (κ3) is 4.44. The largest absolute Gasteiger partial charge is 0.493 e. The minimum absolute atomic E-state index is 0.323. The molecule has 0 aliphatic carbocycles. The number of ether oxygens (including phenoxy) is 3. The number of nitrogens with zero attached hydrogens (tertiary/aromatic N) is 1. The van der Waals surface area contributed by atoms with Gasteiger partial charge in [0.1, 0.15) is 0 Å². The number of hydrogen-bond donors (Lipinski definition) is 1. The van der Waals surface area contributed by atoms with E-state index in [1.54, 1.807) is 21.3 Å². The molecule has 0 aliphatic heterocycles. The van der Waals surface area contributed by atoms with E-state index in [1.807, 2.05) is 36.5 Å². The van der Waals surface area contributed by atoms with Crippen molar-refractivity contribution in [3.8, 4) is 17.2 Å². The number of rotatable bonds is 9. The van der Waals surface area contributed by atoms with Crippen LogP contribution in [0.4, 0.5) is 11.4 Å². The van der Waals surface area contributed by atoms with Crippen LogP contribution >= 0.6 is 0 Å². The number of anilines is 2. The predicted octanol–water partition coefficient (Wildman–Crippen LogP) is 4.92. The zero-order chi connectivity index (χ0) is 18.2. The van der Waals surface area contributed by atoms with Gasteiger partial charge in [-0.3, -0.25) is 4.98 Å². The lowest BCUT2D eigenvalue weighted by Crippen LogP contribution is -2.03. The van der Waals surface area contributed by atoms with Crippen molar-refractivity contribution in [2.24, 2.45) is 0 Å². The fourth-order valence-electron chi connectivity index (χ4n) is 2.73. The van der Waals surface area contributed by atoms with Crippen molar-refractivity contribution in [1.29, 1.82) is 0 Å². The molecule has 0 saturated carbocycles. The van der Waals surface area contributed by atoms with Gasteiger partial charge < -0.3 is 19.5 Å². The Morgan fingerprint density at radius 1 is 1.16 bits per heavy atom. The minimum atomic E-state index is 0.323. The number of hydrogen-bond acceptors (Lipinski definition) is 5. The lowest BCUT2D eigenvalue weighted by Gasteiger charge is -2.18. The fraction of sp³-hybridized carbons (Fsp3) is 0.350. The molecule has 1 unspecified atom stereocenters. The van der Waals surface area contributed by atoms with E-state index >= 15 is 0 Å². The van der Waals surface area contributed by atoms with Gasteiger partial charge in [0.05, 0.1) is 32.7 Å². The highest BCUT2D eigenvalue weighted by molar-refractivity contribution is 5.69. The Labute approximate surface area is 149 Å². The average molecular weight is 342 g/mol. The molecule has 2 rings (SSSR count). The Hall–Kier alpha value is -2.69. The monoisotopic (exact) mass is 342 g/mol. The van der Waals surface area contributed by atoms with Gasteiger partial charge in [0.2, 0.25) is 5.75 Å². The third-order valence-corrected chi connectivity index (χ3v) is 4.05. The normalized spacial score (nSPS) is 11.5. The summed E-state index contributed by atoms with van der Waals surface area (Å²) >= 11 is 0. The van der Waals surface area contributed by atoms with Crippen LogP contribution in [0.15, 0.2) is 43.1 Å². The van der Waals surface area contributed by atoms with Crippen LogP contribution in [0.25, 0.3) is 0 Å². The van der Waals surface area contributed by atoms with Crippen LogP contribution in [0.2, 0.25) is 0 Å². The van der Waals surface area contributed by atoms with Gasteiger partial charge in [0, 0.05) is 29.9 Å². The highest BCUT2D eigenvalue weighted by Crippen LogP contribution is 2.41. The van der Waals surface area contributed by atoms with Crippen molar-refractivity contribution < 1.29 is 14.2 Å². The second-order valence-electron chi connectivity index (χ2n) is 5.74. The summed E-state index contributed by atoms with van der Waals surface area (Å²) in [5.41, 5.74) is 2.84. The van der Waals surface area contributed by atoms with Gasteiger partial charge >= 0.3 is 0 Å². The molecule has 1 aromatic heterocycles. The Morgan fingerprint density at radius 3 is 2.40 bits per heavy atom. The lowest BCUT2D eigenvalue weighted by atomic mass is 9.99. The minimum Gasteiger partial charge on any atom is -0.493 e. The van der Waals surface area contributed by atoms with Gasteiger partial charge in [-0.05, 0) is 25.0 Å². The highest BCUT2D eigenvalue weighted by Gasteiger charge is 2.16. The molecule has 5 nitrogen and oxygen atoms in total. The number of pyridine rings is 1. The van der Waals surface area contributed by atoms with E-state index < -0.39 is 0 Å². The SMILES string of the molecule is C=CCCC(C)c1ncccc1Nc1cc(OC)c(OC)c(OC)c1. The van der Waals surface area contributed by atoms with Gasteiger partial charge in [-0.15, -0.1) is 6.58 Å². The average Bonchev–Trinajstić information content (AvgIpc) is 2.65. The number of methoxy groups -OCH3 is 3. The van der Waals surface area contributed by atoms with E-state index in [2.05, 4.69) is 23.8 Å². The van der Waals surface area contributed by atoms with E-state index in [0.29, 0.717) is 23.2 Å². The molecule has 5 heteroatoms.